The summed E-state index contributed by atoms with van der Waals surface area (Å²) in [5.74, 6) is 0. The van der Waals surface area contributed by atoms with Gasteiger partial charge in [-0.1, -0.05) is 42.4 Å². The van der Waals surface area contributed by atoms with Crippen molar-refractivity contribution in [3.8, 4) is 0 Å². The van der Waals surface area contributed by atoms with E-state index >= 15 is 0 Å². The molecule has 0 amide bonds. The van der Waals surface area contributed by atoms with E-state index in [-0.39, 0.29) is 0 Å². The van der Waals surface area contributed by atoms with Crippen LogP contribution in [0.5, 0.6) is 0 Å². The molecule has 0 aromatic heterocycles. The molecule has 16 heavy (non-hydrogen) atoms. The summed E-state index contributed by atoms with van der Waals surface area (Å²) in [5, 5.41) is 3.18. The van der Waals surface area contributed by atoms with E-state index in [4.69, 9.17) is 0 Å². The van der Waals surface area contributed by atoms with E-state index in [2.05, 4.69) is 50.4 Å². The predicted octanol–water partition coefficient (Wildman–Crippen LogP) is 4.23. The molecule has 0 aliphatic carbocycles. The van der Waals surface area contributed by atoms with Crippen molar-refractivity contribution in [2.45, 2.75) is 46.5 Å². The van der Waals surface area contributed by atoms with E-state index in [0.717, 1.165) is 13.0 Å². The van der Waals surface area contributed by atoms with Gasteiger partial charge in [-0.05, 0) is 53.1 Å². The van der Waals surface area contributed by atoms with Crippen LogP contribution in [-0.4, -0.2) is 13.6 Å². The summed E-state index contributed by atoms with van der Waals surface area (Å²) in [6.45, 7) is 7.52. The summed E-state index contributed by atoms with van der Waals surface area (Å²) >= 11 is 0. The van der Waals surface area contributed by atoms with Crippen LogP contribution in [0.2, 0.25) is 0 Å². The third-order valence-corrected chi connectivity index (χ3v) is 2.77. The zero-order chi connectivity index (χ0) is 12.2. The Morgan fingerprint density at radius 1 is 1.19 bits per heavy atom. The molecular formula is C15H27N. The SMILES string of the molecule is CC=CC(=CC)CCC(=CCCNC)CC. The molecule has 1 heteroatoms. The predicted molar refractivity (Wildman–Crippen MR) is 74.7 cm³/mol. The van der Waals surface area contributed by atoms with Crippen molar-refractivity contribution in [2.75, 3.05) is 13.6 Å². The minimum atomic E-state index is 1.08. The molecule has 0 aliphatic heterocycles. The number of nitrogens with one attached hydrogen (secondary N) is 1. The van der Waals surface area contributed by atoms with E-state index in [1.807, 2.05) is 7.05 Å². The van der Waals surface area contributed by atoms with Gasteiger partial charge in [0.2, 0.25) is 0 Å². The van der Waals surface area contributed by atoms with Crippen molar-refractivity contribution >= 4 is 0 Å². The van der Waals surface area contributed by atoms with E-state index < -0.39 is 0 Å². The third-order valence-electron chi connectivity index (χ3n) is 2.77. The fourth-order valence-electron chi connectivity index (χ4n) is 1.69. The highest BCUT2D eigenvalue weighted by Gasteiger charge is 1.96. The zero-order valence-corrected chi connectivity index (χ0v) is 11.3. The van der Waals surface area contributed by atoms with Gasteiger partial charge in [-0.3, -0.25) is 0 Å². The minimum Gasteiger partial charge on any atom is -0.319 e. The van der Waals surface area contributed by atoms with Crippen LogP contribution >= 0.6 is 0 Å². The van der Waals surface area contributed by atoms with Gasteiger partial charge in [0.15, 0.2) is 0 Å². The van der Waals surface area contributed by atoms with Crippen molar-refractivity contribution in [1.29, 1.82) is 0 Å². The molecule has 0 aromatic rings. The van der Waals surface area contributed by atoms with Crippen molar-refractivity contribution in [3.63, 3.8) is 0 Å². The van der Waals surface area contributed by atoms with E-state index in [0.29, 0.717) is 0 Å². The van der Waals surface area contributed by atoms with Crippen molar-refractivity contribution < 1.29 is 0 Å². The molecule has 0 spiro atoms. The highest BCUT2D eigenvalue weighted by atomic mass is 14.8. The molecule has 1 nitrogen and oxygen atoms in total. The molecule has 92 valence electrons. The minimum absolute atomic E-state index is 1.08. The Morgan fingerprint density at radius 2 is 1.94 bits per heavy atom. The van der Waals surface area contributed by atoms with Gasteiger partial charge in [0.25, 0.3) is 0 Å². The Kier molecular flexibility index (Phi) is 10.1. The summed E-state index contributed by atoms with van der Waals surface area (Å²) in [7, 11) is 2.00. The Hall–Kier alpha value is -0.820. The first-order chi connectivity index (χ1) is 7.78. The molecule has 0 radical (unpaired) electrons. The highest BCUT2D eigenvalue weighted by molar-refractivity contribution is 5.19. The Morgan fingerprint density at radius 3 is 2.44 bits per heavy atom. The molecule has 0 saturated carbocycles. The number of hydrogen-bond acceptors (Lipinski definition) is 1. The van der Waals surface area contributed by atoms with Gasteiger partial charge >= 0.3 is 0 Å². The zero-order valence-electron chi connectivity index (χ0n) is 11.3. The van der Waals surface area contributed by atoms with Crippen LogP contribution in [0.1, 0.15) is 46.5 Å². The van der Waals surface area contributed by atoms with Crippen LogP contribution in [0.15, 0.2) is 35.5 Å². The molecule has 1 N–H and O–H groups in total. The maximum Gasteiger partial charge on any atom is -0.00172 e. The van der Waals surface area contributed by atoms with Crippen LogP contribution in [0.4, 0.5) is 0 Å². The fourth-order valence-corrected chi connectivity index (χ4v) is 1.69. The van der Waals surface area contributed by atoms with Gasteiger partial charge in [-0.15, -0.1) is 0 Å². The average Bonchev–Trinajstić information content (AvgIpc) is 2.31. The lowest BCUT2D eigenvalue weighted by Gasteiger charge is -2.06. The Balaban J connectivity index is 4.08. The lowest BCUT2D eigenvalue weighted by Crippen LogP contribution is -2.06. The summed E-state index contributed by atoms with van der Waals surface area (Å²) in [6, 6.07) is 0. The molecule has 0 aromatic carbocycles. The van der Waals surface area contributed by atoms with Crippen LogP contribution in [0.3, 0.4) is 0 Å². The van der Waals surface area contributed by atoms with Crippen LogP contribution < -0.4 is 5.32 Å². The second-order valence-corrected chi connectivity index (χ2v) is 3.97. The highest BCUT2D eigenvalue weighted by Crippen LogP contribution is 2.16. The maximum atomic E-state index is 3.18. The molecular weight excluding hydrogens is 194 g/mol. The summed E-state index contributed by atoms with van der Waals surface area (Å²) < 4.78 is 0. The number of rotatable bonds is 8. The average molecular weight is 221 g/mol. The fraction of sp³-hybridized carbons (Fsp3) is 0.600. The quantitative estimate of drug-likeness (QED) is 0.367. The van der Waals surface area contributed by atoms with Crippen LogP contribution in [0, 0.1) is 0 Å². The van der Waals surface area contributed by atoms with E-state index in [1.54, 1.807) is 5.57 Å². The van der Waals surface area contributed by atoms with E-state index in [9.17, 15) is 0 Å². The van der Waals surface area contributed by atoms with Gasteiger partial charge in [0.05, 0.1) is 0 Å². The van der Waals surface area contributed by atoms with Crippen LogP contribution in [0.25, 0.3) is 0 Å². The van der Waals surface area contributed by atoms with Crippen molar-refractivity contribution in [3.05, 3.63) is 35.5 Å². The largest absolute Gasteiger partial charge is 0.319 e. The first-order valence-electron chi connectivity index (χ1n) is 6.38. The topological polar surface area (TPSA) is 12.0 Å². The third kappa shape index (κ3) is 7.47. The molecule has 0 unspecified atom stereocenters. The lowest BCUT2D eigenvalue weighted by molar-refractivity contribution is 0.791. The molecule has 0 aliphatic rings. The lowest BCUT2D eigenvalue weighted by atomic mass is 10.0. The van der Waals surface area contributed by atoms with Gasteiger partial charge in [0, 0.05) is 0 Å². The van der Waals surface area contributed by atoms with Crippen LogP contribution in [-0.2, 0) is 0 Å². The Bertz CT molecular complexity index is 246. The van der Waals surface area contributed by atoms with Gasteiger partial charge in [0.1, 0.15) is 0 Å². The molecule has 0 fully saturated rings. The van der Waals surface area contributed by atoms with E-state index in [1.165, 1.54) is 24.8 Å². The smallest absolute Gasteiger partial charge is 0.00172 e. The second-order valence-electron chi connectivity index (χ2n) is 3.97. The molecule has 0 rings (SSSR count). The van der Waals surface area contributed by atoms with Crippen molar-refractivity contribution in [1.82, 2.24) is 5.32 Å². The standard InChI is InChI=1S/C15H27N/c1-5-9-14(6-2)11-12-15(7-3)10-8-13-16-4/h5-6,9-10,16H,7-8,11-13H2,1-4H3. The summed E-state index contributed by atoms with van der Waals surface area (Å²) in [4.78, 5) is 0. The molecule has 0 atom stereocenters. The first-order valence-corrected chi connectivity index (χ1v) is 6.38. The van der Waals surface area contributed by atoms with Gasteiger partial charge in [-0.25, -0.2) is 0 Å². The molecule has 0 bridgehead atoms. The molecule has 0 heterocycles. The Labute approximate surface area is 101 Å². The first kappa shape index (κ1) is 15.2. The van der Waals surface area contributed by atoms with Crippen molar-refractivity contribution in [2.24, 2.45) is 0 Å². The normalized spacial score (nSPS) is 13.8. The number of allylic oxidation sites excluding steroid dienone is 5. The maximum absolute atomic E-state index is 3.18. The van der Waals surface area contributed by atoms with Gasteiger partial charge < -0.3 is 5.32 Å². The second kappa shape index (κ2) is 10.7. The summed E-state index contributed by atoms with van der Waals surface area (Å²) in [5.41, 5.74) is 3.02. The molecule has 0 saturated heterocycles. The monoisotopic (exact) mass is 221 g/mol. The number of hydrogen-bond donors (Lipinski definition) is 1. The van der Waals surface area contributed by atoms with Gasteiger partial charge in [-0.2, -0.15) is 0 Å². The summed E-state index contributed by atoms with van der Waals surface area (Å²) in [6.07, 6.45) is 13.6.